The van der Waals surface area contributed by atoms with Crippen molar-refractivity contribution in [3.8, 4) is 33.8 Å². The highest BCUT2D eigenvalue weighted by atomic mass is 79.9. The summed E-state index contributed by atoms with van der Waals surface area (Å²) in [5.41, 5.74) is 1.87. The van der Waals surface area contributed by atoms with Crippen LogP contribution in [0.25, 0.3) is 65.3 Å². The minimum absolute atomic E-state index is 0.0361. The Bertz CT molecular complexity index is 2550. The maximum Gasteiger partial charge on any atom is 0.369 e. The third-order valence-corrected chi connectivity index (χ3v) is 8.99. The van der Waals surface area contributed by atoms with E-state index >= 15 is 0 Å². The number of ether oxygens (including phenoxy) is 1. The number of methoxy groups -OCH3 is 1. The van der Waals surface area contributed by atoms with Gasteiger partial charge < -0.3 is 9.84 Å². The first kappa shape index (κ1) is 37.1. The third kappa shape index (κ3) is 8.06. The molecule has 0 aliphatic heterocycles. The predicted molar refractivity (Wildman–Crippen MR) is 224 cm³/mol. The van der Waals surface area contributed by atoms with E-state index in [0.29, 0.717) is 28.0 Å². The number of halogens is 7. The lowest BCUT2D eigenvalue weighted by molar-refractivity contribution is 0.417. The average Bonchev–Trinajstić information content (AvgIpc) is 3.13. The number of hydrogen-bond donors (Lipinski definition) is 1. The minimum Gasteiger partial charge on any atom is -0.507 e. The smallest absolute Gasteiger partial charge is 0.369 e. The molecule has 1 N–H and O–H groups in total. The van der Waals surface area contributed by atoms with Crippen LogP contribution in [0.3, 0.4) is 0 Å². The first-order valence-corrected chi connectivity index (χ1v) is 19.0. The molecule has 0 saturated carbocycles. The molecule has 0 aromatic heterocycles. The summed E-state index contributed by atoms with van der Waals surface area (Å²) in [6.45, 7) is 0. The summed E-state index contributed by atoms with van der Waals surface area (Å²) in [7, 11) is 1.59. The molecular weight excluding hydrogens is 884 g/mol. The molecule has 0 saturated heterocycles. The second kappa shape index (κ2) is 16.3. The molecule has 0 radical (unpaired) electrons. The second-order valence-corrected chi connectivity index (χ2v) is 18.6. The predicted octanol–water partition coefficient (Wildman–Crippen LogP) is 14.8. The lowest BCUT2D eigenvalue weighted by Gasteiger charge is -2.13. The minimum atomic E-state index is -0.524. The summed E-state index contributed by atoms with van der Waals surface area (Å²) in [4.78, 5) is 0. The Morgan fingerprint density at radius 3 is 1.45 bits per heavy atom. The molecule has 0 atom stereocenters. The van der Waals surface area contributed by atoms with Gasteiger partial charge in [-0.05, 0) is 79.5 Å². The number of phenols is 1. The van der Waals surface area contributed by atoms with Gasteiger partial charge in [0.1, 0.15) is 23.1 Å². The summed E-state index contributed by atoms with van der Waals surface area (Å²) in [5, 5.41) is 18.9. The van der Waals surface area contributed by atoms with Crippen LogP contribution in [0.2, 0.25) is 10.0 Å². The maximum atomic E-state index is 14.5. The topological polar surface area (TPSA) is 29.5 Å². The molecule has 0 fully saturated rings. The van der Waals surface area contributed by atoms with Crippen molar-refractivity contribution in [1.82, 2.24) is 0 Å². The van der Waals surface area contributed by atoms with Crippen molar-refractivity contribution in [1.29, 1.82) is 0 Å². The number of rotatable bonds is 3. The Kier molecular flexibility index (Phi) is 11.9. The Labute approximate surface area is 329 Å². The van der Waals surface area contributed by atoms with E-state index in [1.807, 2.05) is 66.7 Å². The highest BCUT2D eigenvalue weighted by Crippen LogP contribution is 2.40. The van der Waals surface area contributed by atoms with Gasteiger partial charge in [-0.15, -0.1) is 47.3 Å². The zero-order valence-corrected chi connectivity index (χ0v) is 33.1. The fraction of sp³-hybridized carbons (Fsp3) is 0.0244. The van der Waals surface area contributed by atoms with Gasteiger partial charge in [0.2, 0.25) is 0 Å². The van der Waals surface area contributed by atoms with Crippen molar-refractivity contribution in [3.05, 3.63) is 155 Å². The van der Waals surface area contributed by atoms with Crippen molar-refractivity contribution < 1.29 is 18.6 Å². The van der Waals surface area contributed by atoms with Gasteiger partial charge in [-0.2, -0.15) is 0 Å². The van der Waals surface area contributed by atoms with E-state index in [1.165, 1.54) is 6.07 Å². The molecule has 0 bridgehead atoms. The molecule has 8 rings (SSSR count). The molecule has 0 unspecified atom stereocenters. The molecule has 0 amide bonds. The van der Waals surface area contributed by atoms with Crippen molar-refractivity contribution in [3.63, 3.8) is 0 Å². The van der Waals surface area contributed by atoms with Crippen LogP contribution in [-0.2, 0) is 0 Å². The van der Waals surface area contributed by atoms with E-state index in [0.717, 1.165) is 43.1 Å². The zero-order valence-electron chi connectivity index (χ0n) is 26.8. The lowest BCUT2D eigenvalue weighted by atomic mass is 9.96. The summed E-state index contributed by atoms with van der Waals surface area (Å²) < 4.78 is 34.6. The molecule has 8 aromatic carbocycles. The normalized spacial score (nSPS) is 10.8. The van der Waals surface area contributed by atoms with Crippen molar-refractivity contribution >= 4 is 117 Å². The molecular formula is C41H26BBr3Cl2F2O2. The van der Waals surface area contributed by atoms with Crippen molar-refractivity contribution in [2.75, 3.05) is 7.11 Å². The third-order valence-electron chi connectivity index (χ3n) is 8.41. The van der Waals surface area contributed by atoms with Gasteiger partial charge in [0.05, 0.1) is 17.2 Å². The molecule has 2 nitrogen and oxygen atoms in total. The summed E-state index contributed by atoms with van der Waals surface area (Å²) >= 11 is 21.1. The number of hydrogen-bond acceptors (Lipinski definition) is 2. The van der Waals surface area contributed by atoms with Gasteiger partial charge >= 0.3 is 3.18 Å². The van der Waals surface area contributed by atoms with E-state index in [2.05, 4.69) is 71.5 Å². The van der Waals surface area contributed by atoms with Gasteiger partial charge in [-0.25, -0.2) is 8.78 Å². The van der Waals surface area contributed by atoms with Gasteiger partial charge in [0.15, 0.2) is 0 Å². The quantitative estimate of drug-likeness (QED) is 0.141. The fourth-order valence-corrected chi connectivity index (χ4v) is 6.44. The summed E-state index contributed by atoms with van der Waals surface area (Å²) in [5.74, 6) is -0.297. The Morgan fingerprint density at radius 1 is 0.510 bits per heavy atom. The number of benzene rings is 8. The fourth-order valence-electron chi connectivity index (χ4n) is 6.10. The van der Waals surface area contributed by atoms with Crippen LogP contribution in [0.4, 0.5) is 8.78 Å². The molecule has 254 valence electrons. The zero-order chi connectivity index (χ0) is 36.2. The average molecular weight is 910 g/mol. The van der Waals surface area contributed by atoms with Crippen LogP contribution in [0.15, 0.2) is 133 Å². The Morgan fingerprint density at radius 2 is 0.941 bits per heavy atom. The van der Waals surface area contributed by atoms with Crippen molar-refractivity contribution in [2.45, 2.75) is 0 Å². The van der Waals surface area contributed by atoms with E-state index in [4.69, 9.17) is 27.9 Å². The molecule has 0 heterocycles. The van der Waals surface area contributed by atoms with E-state index in [-0.39, 0.29) is 19.0 Å². The van der Waals surface area contributed by atoms with E-state index in [9.17, 15) is 13.9 Å². The second-order valence-electron chi connectivity index (χ2n) is 11.4. The Balaban J connectivity index is 0.000000159. The van der Waals surface area contributed by atoms with E-state index < -0.39 is 11.6 Å². The summed E-state index contributed by atoms with van der Waals surface area (Å²) in [6, 6.07) is 41.4. The van der Waals surface area contributed by atoms with Crippen LogP contribution in [0.5, 0.6) is 11.5 Å². The van der Waals surface area contributed by atoms with Gasteiger partial charge in [-0.1, -0.05) is 120 Å². The monoisotopic (exact) mass is 906 g/mol. The highest BCUT2D eigenvalue weighted by molar-refractivity contribution is 9.69. The van der Waals surface area contributed by atoms with Crippen LogP contribution in [0, 0.1) is 11.6 Å². The first-order valence-electron chi connectivity index (χ1n) is 15.5. The maximum absolute atomic E-state index is 14.5. The number of fused-ring (bicyclic) bond motifs is 6. The number of phenolic OH excluding ortho intramolecular Hbond substituents is 1. The van der Waals surface area contributed by atoms with Gasteiger partial charge in [-0.3, -0.25) is 0 Å². The standard InChI is InChI=1S/C21H14ClFO.C20H12ClFO.BBr3/c1-24-20-11-14-10-9-13-5-2-3-6-15(13)17(14)12-18(20)16-7-4-8-19(22)21(16)23;21-18-7-3-6-15(20(18)22)17-11-16-13(10-19(17)23)9-8-12-4-1-2-5-14(12)16;2-1(3)4/h2-12H,1H3;1-11,23H;. The Hall–Kier alpha value is -3.66. The van der Waals surface area contributed by atoms with Crippen LogP contribution in [-0.4, -0.2) is 15.4 Å². The molecule has 0 aliphatic carbocycles. The van der Waals surface area contributed by atoms with Crippen LogP contribution < -0.4 is 4.74 Å². The molecule has 0 spiro atoms. The molecule has 51 heavy (non-hydrogen) atoms. The van der Waals surface area contributed by atoms with Gasteiger partial charge in [0, 0.05) is 22.3 Å². The summed E-state index contributed by atoms with van der Waals surface area (Å²) in [6.07, 6.45) is 0. The molecule has 0 aliphatic rings. The van der Waals surface area contributed by atoms with Gasteiger partial charge in [0.25, 0.3) is 0 Å². The van der Waals surface area contributed by atoms with Crippen LogP contribution >= 0.6 is 70.5 Å². The largest absolute Gasteiger partial charge is 0.507 e. The SMILES string of the molecule is BrB(Br)Br.COc1cc2ccc3ccccc3c2cc1-c1cccc(Cl)c1F.Oc1cc2ccc3ccccc3c2cc1-c1cccc(Cl)c1F. The first-order chi connectivity index (χ1) is 24.6. The lowest BCUT2D eigenvalue weighted by Crippen LogP contribution is -1.92. The number of aromatic hydroxyl groups is 1. The molecule has 10 heteroatoms. The highest BCUT2D eigenvalue weighted by Gasteiger charge is 2.16. The van der Waals surface area contributed by atoms with Crippen molar-refractivity contribution in [2.24, 2.45) is 0 Å². The van der Waals surface area contributed by atoms with E-state index in [1.54, 1.807) is 43.5 Å². The van der Waals surface area contributed by atoms with Crippen LogP contribution in [0.1, 0.15) is 0 Å². The molecule has 8 aromatic rings.